The Morgan fingerprint density at radius 2 is 2.12 bits per heavy atom. The van der Waals surface area contributed by atoms with Gasteiger partial charge >= 0.3 is 6.36 Å². The van der Waals surface area contributed by atoms with Gasteiger partial charge < -0.3 is 10.1 Å². The minimum Gasteiger partial charge on any atom is -0.406 e. The Labute approximate surface area is 96.8 Å². The molecule has 1 fully saturated rings. The SMILES string of the molecule is CC1CC12CNc1ccc(OC(F)(F)F)cc12. The first-order chi connectivity index (χ1) is 7.91. The number of anilines is 1. The summed E-state index contributed by atoms with van der Waals surface area (Å²) in [4.78, 5) is 0. The van der Waals surface area contributed by atoms with Crippen molar-refractivity contribution in [1.29, 1.82) is 0 Å². The fraction of sp³-hybridized carbons (Fsp3) is 0.500. The molecule has 5 heteroatoms. The topological polar surface area (TPSA) is 21.3 Å². The first-order valence-corrected chi connectivity index (χ1v) is 5.55. The second kappa shape index (κ2) is 3.09. The third-order valence-electron chi connectivity index (χ3n) is 3.81. The van der Waals surface area contributed by atoms with Crippen molar-refractivity contribution in [2.75, 3.05) is 11.9 Å². The number of alkyl halides is 3. The Bertz CT molecular complexity index is 471. The summed E-state index contributed by atoms with van der Waals surface area (Å²) in [6, 6.07) is 4.54. The first-order valence-electron chi connectivity index (χ1n) is 5.55. The van der Waals surface area contributed by atoms with Crippen LogP contribution in [0.1, 0.15) is 18.9 Å². The fourth-order valence-corrected chi connectivity index (χ4v) is 2.74. The summed E-state index contributed by atoms with van der Waals surface area (Å²) in [5.41, 5.74) is 1.94. The molecule has 2 atom stereocenters. The quantitative estimate of drug-likeness (QED) is 0.817. The maximum Gasteiger partial charge on any atom is 0.573 e. The highest BCUT2D eigenvalue weighted by atomic mass is 19.4. The molecule has 1 aromatic carbocycles. The molecule has 1 spiro atoms. The Kier molecular flexibility index (Phi) is 1.95. The van der Waals surface area contributed by atoms with E-state index in [0.29, 0.717) is 5.92 Å². The molecule has 0 aromatic heterocycles. The van der Waals surface area contributed by atoms with Crippen molar-refractivity contribution in [1.82, 2.24) is 0 Å². The van der Waals surface area contributed by atoms with Crippen molar-refractivity contribution in [2.24, 2.45) is 5.92 Å². The molecule has 0 saturated heterocycles. The number of rotatable bonds is 1. The molecule has 0 bridgehead atoms. The predicted molar refractivity (Wildman–Crippen MR) is 57.1 cm³/mol. The standard InChI is InChI=1S/C12H12F3NO/c1-7-5-11(7)6-16-10-3-2-8(4-9(10)11)17-12(13,14)15/h2-4,7,16H,5-6H2,1H3. The molecule has 1 heterocycles. The zero-order valence-electron chi connectivity index (χ0n) is 9.27. The second-order valence-electron chi connectivity index (χ2n) is 4.87. The van der Waals surface area contributed by atoms with E-state index in [9.17, 15) is 13.2 Å². The van der Waals surface area contributed by atoms with Crippen molar-refractivity contribution >= 4 is 5.69 Å². The number of hydrogen-bond donors (Lipinski definition) is 1. The molecule has 1 aliphatic carbocycles. The number of nitrogens with one attached hydrogen (secondary N) is 1. The molecule has 0 amide bonds. The zero-order chi connectivity index (χ0) is 12.3. The van der Waals surface area contributed by atoms with Gasteiger partial charge in [-0.3, -0.25) is 0 Å². The Morgan fingerprint density at radius 3 is 2.71 bits per heavy atom. The molecule has 2 aliphatic rings. The van der Waals surface area contributed by atoms with Crippen LogP contribution >= 0.6 is 0 Å². The first kappa shape index (κ1) is 10.7. The van der Waals surface area contributed by atoms with Crippen molar-refractivity contribution in [3.8, 4) is 5.75 Å². The van der Waals surface area contributed by atoms with E-state index < -0.39 is 6.36 Å². The Hall–Kier alpha value is -1.39. The predicted octanol–water partition coefficient (Wildman–Crippen LogP) is 3.29. The lowest BCUT2D eigenvalue weighted by Crippen LogP contribution is -2.17. The number of hydrogen-bond acceptors (Lipinski definition) is 2. The molecule has 1 aromatic rings. The van der Waals surface area contributed by atoms with E-state index in [2.05, 4.69) is 17.0 Å². The van der Waals surface area contributed by atoms with Gasteiger partial charge in [0.15, 0.2) is 0 Å². The van der Waals surface area contributed by atoms with Crippen LogP contribution in [0.4, 0.5) is 18.9 Å². The van der Waals surface area contributed by atoms with Gasteiger partial charge in [-0.15, -0.1) is 13.2 Å². The summed E-state index contributed by atoms with van der Waals surface area (Å²) >= 11 is 0. The summed E-state index contributed by atoms with van der Waals surface area (Å²) in [6.07, 6.45) is -3.59. The van der Waals surface area contributed by atoms with Gasteiger partial charge in [-0.1, -0.05) is 6.92 Å². The molecule has 2 nitrogen and oxygen atoms in total. The van der Waals surface area contributed by atoms with Crippen LogP contribution in [-0.4, -0.2) is 12.9 Å². The van der Waals surface area contributed by atoms with Crippen LogP contribution in [0.5, 0.6) is 5.75 Å². The van der Waals surface area contributed by atoms with E-state index in [4.69, 9.17) is 0 Å². The zero-order valence-corrected chi connectivity index (χ0v) is 9.27. The van der Waals surface area contributed by atoms with Crippen molar-refractivity contribution in [3.05, 3.63) is 23.8 Å². The van der Waals surface area contributed by atoms with E-state index >= 15 is 0 Å². The van der Waals surface area contributed by atoms with Crippen LogP contribution in [0, 0.1) is 5.92 Å². The molecular weight excluding hydrogens is 231 g/mol. The summed E-state index contributed by atoms with van der Waals surface area (Å²) in [5, 5.41) is 3.24. The van der Waals surface area contributed by atoms with Crippen LogP contribution in [0.15, 0.2) is 18.2 Å². The van der Waals surface area contributed by atoms with E-state index in [1.807, 2.05) is 0 Å². The van der Waals surface area contributed by atoms with Gasteiger partial charge in [0.25, 0.3) is 0 Å². The van der Waals surface area contributed by atoms with Crippen LogP contribution in [0.3, 0.4) is 0 Å². The maximum absolute atomic E-state index is 12.1. The van der Waals surface area contributed by atoms with E-state index in [1.165, 1.54) is 12.1 Å². The largest absolute Gasteiger partial charge is 0.573 e. The monoisotopic (exact) mass is 243 g/mol. The lowest BCUT2D eigenvalue weighted by molar-refractivity contribution is -0.274. The smallest absolute Gasteiger partial charge is 0.406 e. The highest BCUT2D eigenvalue weighted by Crippen LogP contribution is 2.59. The molecule has 17 heavy (non-hydrogen) atoms. The fourth-order valence-electron chi connectivity index (χ4n) is 2.74. The van der Waals surface area contributed by atoms with E-state index in [0.717, 1.165) is 24.2 Å². The van der Waals surface area contributed by atoms with E-state index in [1.54, 1.807) is 6.07 Å². The van der Waals surface area contributed by atoms with E-state index in [-0.39, 0.29) is 11.2 Å². The van der Waals surface area contributed by atoms with Crippen LogP contribution in [0.2, 0.25) is 0 Å². The number of fused-ring (bicyclic) bond motifs is 2. The van der Waals surface area contributed by atoms with Gasteiger partial charge in [0, 0.05) is 17.6 Å². The molecular formula is C12H12F3NO. The summed E-state index contributed by atoms with van der Waals surface area (Å²) in [5.74, 6) is 0.399. The van der Waals surface area contributed by atoms with Crippen LogP contribution in [0.25, 0.3) is 0 Å². The number of benzene rings is 1. The molecule has 1 aliphatic heterocycles. The molecule has 1 N–H and O–H groups in total. The van der Waals surface area contributed by atoms with Crippen LogP contribution < -0.4 is 10.1 Å². The van der Waals surface area contributed by atoms with Gasteiger partial charge in [-0.25, -0.2) is 0 Å². The average Bonchev–Trinajstić information content (AvgIpc) is 2.71. The average molecular weight is 243 g/mol. The molecule has 1 saturated carbocycles. The summed E-state index contributed by atoms with van der Waals surface area (Å²) in [6.45, 7) is 2.94. The van der Waals surface area contributed by atoms with Gasteiger partial charge in [-0.05, 0) is 36.1 Å². The maximum atomic E-state index is 12.1. The normalized spacial score (nSPS) is 30.0. The third-order valence-corrected chi connectivity index (χ3v) is 3.81. The Balaban J connectivity index is 1.94. The molecule has 92 valence electrons. The van der Waals surface area contributed by atoms with Gasteiger partial charge in [-0.2, -0.15) is 0 Å². The van der Waals surface area contributed by atoms with Crippen molar-refractivity contribution in [2.45, 2.75) is 25.1 Å². The highest BCUT2D eigenvalue weighted by Gasteiger charge is 2.56. The molecule has 3 rings (SSSR count). The van der Waals surface area contributed by atoms with Crippen LogP contribution in [-0.2, 0) is 5.41 Å². The van der Waals surface area contributed by atoms with Crippen molar-refractivity contribution < 1.29 is 17.9 Å². The van der Waals surface area contributed by atoms with Crippen molar-refractivity contribution in [3.63, 3.8) is 0 Å². The van der Waals surface area contributed by atoms with Gasteiger partial charge in [0.1, 0.15) is 5.75 Å². The number of ether oxygens (including phenoxy) is 1. The van der Waals surface area contributed by atoms with Gasteiger partial charge in [0.2, 0.25) is 0 Å². The number of halogens is 3. The third kappa shape index (κ3) is 1.64. The molecule has 0 radical (unpaired) electrons. The summed E-state index contributed by atoms with van der Waals surface area (Å²) in [7, 11) is 0. The lowest BCUT2D eigenvalue weighted by atomic mass is 9.96. The lowest BCUT2D eigenvalue weighted by Gasteiger charge is -2.12. The Morgan fingerprint density at radius 1 is 1.41 bits per heavy atom. The van der Waals surface area contributed by atoms with Gasteiger partial charge in [0.05, 0.1) is 0 Å². The minimum atomic E-state index is -4.62. The summed E-state index contributed by atoms with van der Waals surface area (Å²) < 4.78 is 40.4. The minimum absolute atomic E-state index is 0.0420. The highest BCUT2D eigenvalue weighted by molar-refractivity contribution is 5.65. The molecule has 2 unspecified atom stereocenters. The second-order valence-corrected chi connectivity index (χ2v) is 4.87.